The minimum atomic E-state index is 0.355. The van der Waals surface area contributed by atoms with Crippen molar-refractivity contribution in [1.29, 1.82) is 0 Å². The molecule has 0 saturated carbocycles. The molecule has 1 unspecified atom stereocenters. The number of rotatable bonds is 4. The van der Waals surface area contributed by atoms with E-state index in [0.29, 0.717) is 6.04 Å². The smallest absolute Gasteiger partial charge is 0.226 e. The predicted octanol–water partition coefficient (Wildman–Crippen LogP) is 3.09. The Morgan fingerprint density at radius 1 is 1.33 bits per heavy atom. The third-order valence-corrected chi connectivity index (χ3v) is 4.57. The Kier molecular flexibility index (Phi) is 5.18. The number of piperidine rings is 1. The van der Waals surface area contributed by atoms with Crippen molar-refractivity contribution >= 4 is 33.5 Å². The number of nitrogens with one attached hydrogen (secondary N) is 1. The van der Waals surface area contributed by atoms with Crippen molar-refractivity contribution in [3.63, 3.8) is 0 Å². The number of hydrogen-bond donors (Lipinski definition) is 1. The van der Waals surface area contributed by atoms with Crippen LogP contribution in [-0.2, 0) is 0 Å². The van der Waals surface area contributed by atoms with Crippen LogP contribution in [0.25, 0.3) is 0 Å². The molecule has 24 heavy (non-hydrogen) atoms. The molecule has 3 rings (SSSR count). The summed E-state index contributed by atoms with van der Waals surface area (Å²) in [5.41, 5.74) is 1.20. The van der Waals surface area contributed by atoms with Gasteiger partial charge in [0.1, 0.15) is 11.6 Å². The Labute approximate surface area is 151 Å². The Balaban J connectivity index is 1.70. The molecule has 2 aromatic heterocycles. The van der Waals surface area contributed by atoms with Crippen LogP contribution in [0, 0.1) is 6.92 Å². The fourth-order valence-corrected chi connectivity index (χ4v) is 3.45. The summed E-state index contributed by atoms with van der Waals surface area (Å²) in [5.74, 6) is 2.67. The molecule has 1 fully saturated rings. The van der Waals surface area contributed by atoms with E-state index in [2.05, 4.69) is 54.1 Å². The molecule has 1 aliphatic heterocycles. The Morgan fingerprint density at radius 3 is 2.92 bits per heavy atom. The van der Waals surface area contributed by atoms with Crippen molar-refractivity contribution in [2.75, 3.05) is 42.3 Å². The number of pyridine rings is 1. The highest BCUT2D eigenvalue weighted by molar-refractivity contribution is 9.10. The van der Waals surface area contributed by atoms with Crippen LogP contribution >= 0.6 is 15.9 Å². The third-order valence-electron chi connectivity index (χ3n) is 4.13. The van der Waals surface area contributed by atoms with Gasteiger partial charge < -0.3 is 15.1 Å². The highest BCUT2D eigenvalue weighted by Crippen LogP contribution is 2.25. The molecule has 1 aliphatic rings. The second-order valence-corrected chi connectivity index (χ2v) is 7.28. The minimum absolute atomic E-state index is 0.355. The van der Waals surface area contributed by atoms with E-state index >= 15 is 0 Å². The quantitative estimate of drug-likeness (QED) is 0.865. The topological polar surface area (TPSA) is 57.2 Å². The average Bonchev–Trinajstić information content (AvgIpc) is 2.55. The maximum Gasteiger partial charge on any atom is 0.226 e. The molecule has 0 bridgehead atoms. The van der Waals surface area contributed by atoms with Crippen molar-refractivity contribution < 1.29 is 0 Å². The van der Waals surface area contributed by atoms with Gasteiger partial charge in [0.2, 0.25) is 5.95 Å². The van der Waals surface area contributed by atoms with Gasteiger partial charge in [0.15, 0.2) is 0 Å². The van der Waals surface area contributed by atoms with Crippen LogP contribution in [0.4, 0.5) is 17.6 Å². The van der Waals surface area contributed by atoms with Gasteiger partial charge in [-0.05, 0) is 53.4 Å². The molecular weight excluding hydrogens is 368 g/mol. The lowest BCUT2D eigenvalue weighted by Crippen LogP contribution is -2.43. The summed E-state index contributed by atoms with van der Waals surface area (Å²) in [5, 5.41) is 3.55. The van der Waals surface area contributed by atoms with Gasteiger partial charge in [-0.2, -0.15) is 4.98 Å². The summed E-state index contributed by atoms with van der Waals surface area (Å²) in [4.78, 5) is 17.7. The van der Waals surface area contributed by atoms with Crippen LogP contribution in [0.2, 0.25) is 0 Å². The van der Waals surface area contributed by atoms with Crippen molar-refractivity contribution in [1.82, 2.24) is 15.0 Å². The predicted molar refractivity (Wildman–Crippen MR) is 102 cm³/mol. The second kappa shape index (κ2) is 7.34. The van der Waals surface area contributed by atoms with Crippen LogP contribution < -0.4 is 15.1 Å². The zero-order valence-corrected chi connectivity index (χ0v) is 15.9. The van der Waals surface area contributed by atoms with E-state index in [4.69, 9.17) is 0 Å². The van der Waals surface area contributed by atoms with Gasteiger partial charge in [0.25, 0.3) is 0 Å². The van der Waals surface area contributed by atoms with Gasteiger partial charge in [0, 0.05) is 50.1 Å². The van der Waals surface area contributed by atoms with E-state index in [1.165, 1.54) is 5.56 Å². The lowest BCUT2D eigenvalue weighted by Gasteiger charge is -2.35. The maximum absolute atomic E-state index is 4.60. The fourth-order valence-electron chi connectivity index (χ4n) is 3.01. The number of aryl methyl sites for hydroxylation is 1. The molecule has 0 amide bonds. The molecule has 1 saturated heterocycles. The van der Waals surface area contributed by atoms with Gasteiger partial charge in [-0.1, -0.05) is 0 Å². The Bertz CT molecular complexity index is 705. The monoisotopic (exact) mass is 390 g/mol. The summed E-state index contributed by atoms with van der Waals surface area (Å²) in [6, 6.07) is 4.40. The van der Waals surface area contributed by atoms with E-state index in [0.717, 1.165) is 48.0 Å². The zero-order valence-electron chi connectivity index (χ0n) is 14.3. The first-order valence-corrected chi connectivity index (χ1v) is 8.96. The molecule has 1 atom stereocenters. The van der Waals surface area contributed by atoms with Crippen molar-refractivity contribution in [3.8, 4) is 0 Å². The molecule has 0 radical (unpaired) electrons. The van der Waals surface area contributed by atoms with E-state index in [9.17, 15) is 0 Å². The van der Waals surface area contributed by atoms with Gasteiger partial charge in [-0.25, -0.2) is 9.97 Å². The summed E-state index contributed by atoms with van der Waals surface area (Å²) in [7, 11) is 3.90. The van der Waals surface area contributed by atoms with Crippen molar-refractivity contribution in [3.05, 3.63) is 34.6 Å². The normalized spacial score (nSPS) is 17.7. The highest BCUT2D eigenvalue weighted by atomic mass is 79.9. The highest BCUT2D eigenvalue weighted by Gasteiger charge is 2.22. The molecule has 0 aliphatic carbocycles. The van der Waals surface area contributed by atoms with Crippen LogP contribution in [0.5, 0.6) is 0 Å². The largest absolute Gasteiger partial charge is 0.365 e. The van der Waals surface area contributed by atoms with Crippen molar-refractivity contribution in [2.24, 2.45) is 0 Å². The van der Waals surface area contributed by atoms with Gasteiger partial charge in [0.05, 0.1) is 0 Å². The summed E-state index contributed by atoms with van der Waals surface area (Å²) < 4.78 is 1.02. The van der Waals surface area contributed by atoms with Gasteiger partial charge in [-0.15, -0.1) is 0 Å². The molecular formula is C17H23BrN6. The number of halogens is 1. The SMILES string of the molecule is Cc1cc(Br)cnc1N1CCCC(Nc2ccnc(N(C)C)n2)C1. The van der Waals surface area contributed by atoms with E-state index in [1.54, 1.807) is 6.20 Å². The second-order valence-electron chi connectivity index (χ2n) is 6.36. The number of aromatic nitrogens is 3. The third kappa shape index (κ3) is 3.95. The summed E-state index contributed by atoms with van der Waals surface area (Å²) in [6.45, 7) is 4.08. The average molecular weight is 391 g/mol. The fraction of sp³-hybridized carbons (Fsp3) is 0.471. The van der Waals surface area contributed by atoms with Crippen LogP contribution in [0.15, 0.2) is 29.0 Å². The molecule has 6 nitrogen and oxygen atoms in total. The van der Waals surface area contributed by atoms with Crippen LogP contribution in [0.3, 0.4) is 0 Å². The Hall–Kier alpha value is -1.89. The van der Waals surface area contributed by atoms with Crippen LogP contribution in [-0.4, -0.2) is 48.2 Å². The van der Waals surface area contributed by atoms with E-state index in [1.807, 2.05) is 31.3 Å². The molecule has 0 aromatic carbocycles. The van der Waals surface area contributed by atoms with Gasteiger partial charge in [-0.3, -0.25) is 0 Å². The summed E-state index contributed by atoms with van der Waals surface area (Å²) in [6.07, 6.45) is 5.94. The molecule has 2 aromatic rings. The first kappa shape index (κ1) is 17.0. The number of hydrogen-bond acceptors (Lipinski definition) is 6. The maximum atomic E-state index is 4.60. The first-order chi connectivity index (χ1) is 11.5. The van der Waals surface area contributed by atoms with Gasteiger partial charge >= 0.3 is 0 Å². The van der Waals surface area contributed by atoms with Crippen LogP contribution in [0.1, 0.15) is 18.4 Å². The van der Waals surface area contributed by atoms with E-state index < -0.39 is 0 Å². The Morgan fingerprint density at radius 2 is 2.17 bits per heavy atom. The molecule has 7 heteroatoms. The molecule has 3 heterocycles. The van der Waals surface area contributed by atoms with E-state index in [-0.39, 0.29) is 0 Å². The molecule has 0 spiro atoms. The standard InChI is InChI=1S/C17H23BrN6/c1-12-9-13(18)10-20-16(12)24-8-4-5-14(11-24)21-15-6-7-19-17(22-15)23(2)3/h6-7,9-10,14H,4-5,8,11H2,1-3H3,(H,19,21,22). The number of anilines is 3. The minimum Gasteiger partial charge on any atom is -0.365 e. The molecule has 1 N–H and O–H groups in total. The first-order valence-electron chi connectivity index (χ1n) is 8.17. The number of nitrogens with zero attached hydrogens (tertiary/aromatic N) is 5. The van der Waals surface area contributed by atoms with Crippen molar-refractivity contribution in [2.45, 2.75) is 25.8 Å². The molecule has 128 valence electrons. The lowest BCUT2D eigenvalue weighted by atomic mass is 10.1. The summed E-state index contributed by atoms with van der Waals surface area (Å²) >= 11 is 3.48. The lowest BCUT2D eigenvalue weighted by molar-refractivity contribution is 0.525. The zero-order chi connectivity index (χ0) is 17.1.